The molecule has 0 amide bonds. The van der Waals surface area contributed by atoms with Gasteiger partial charge in [-0.1, -0.05) is 19.9 Å². The molecule has 0 aliphatic heterocycles. The molecule has 3 nitrogen and oxygen atoms in total. The smallest absolute Gasteiger partial charge is 0.133 e. The molecule has 0 aromatic heterocycles. The number of methoxy groups -OCH3 is 1. The van der Waals surface area contributed by atoms with Crippen LogP contribution in [0, 0.1) is 5.41 Å². The molecule has 0 aliphatic carbocycles. The highest BCUT2D eigenvalue weighted by atomic mass is 79.9. The lowest BCUT2D eigenvalue weighted by atomic mass is 9.86. The van der Waals surface area contributed by atoms with Crippen molar-refractivity contribution in [2.24, 2.45) is 11.1 Å². The van der Waals surface area contributed by atoms with Crippen LogP contribution >= 0.6 is 15.9 Å². The summed E-state index contributed by atoms with van der Waals surface area (Å²) in [6.45, 7) is 6.27. The summed E-state index contributed by atoms with van der Waals surface area (Å²) in [7, 11) is 1.67. The van der Waals surface area contributed by atoms with Crippen LogP contribution in [0.1, 0.15) is 25.8 Å². The van der Waals surface area contributed by atoms with Crippen molar-refractivity contribution in [3.63, 3.8) is 0 Å². The predicted octanol–water partition coefficient (Wildman–Crippen LogP) is 3.39. The van der Waals surface area contributed by atoms with E-state index in [-0.39, 0.29) is 5.41 Å². The first-order valence-electron chi connectivity index (χ1n) is 6.59. The first-order valence-corrected chi connectivity index (χ1v) is 7.38. The van der Waals surface area contributed by atoms with Crippen molar-refractivity contribution in [3.8, 4) is 5.75 Å². The van der Waals surface area contributed by atoms with Crippen molar-refractivity contribution >= 4 is 15.9 Å². The molecular weight excluding hydrogens is 306 g/mol. The number of aryl methyl sites for hydroxylation is 1. The third-order valence-corrected chi connectivity index (χ3v) is 3.80. The highest BCUT2D eigenvalue weighted by molar-refractivity contribution is 9.10. The Hall–Kier alpha value is -0.580. The fourth-order valence-corrected chi connectivity index (χ4v) is 2.18. The summed E-state index contributed by atoms with van der Waals surface area (Å²) in [5.74, 6) is 0.860. The molecule has 0 bridgehead atoms. The first kappa shape index (κ1) is 16.5. The van der Waals surface area contributed by atoms with E-state index in [0.717, 1.165) is 23.1 Å². The van der Waals surface area contributed by atoms with Gasteiger partial charge in [0.25, 0.3) is 0 Å². The van der Waals surface area contributed by atoms with Crippen LogP contribution in [-0.4, -0.2) is 26.9 Å². The van der Waals surface area contributed by atoms with Crippen molar-refractivity contribution < 1.29 is 9.47 Å². The number of ether oxygens (including phenoxy) is 2. The maximum absolute atomic E-state index is 5.75. The van der Waals surface area contributed by atoms with Gasteiger partial charge in [0.1, 0.15) is 12.4 Å². The second kappa shape index (κ2) is 7.88. The maximum atomic E-state index is 5.75. The molecule has 0 atom stereocenters. The van der Waals surface area contributed by atoms with E-state index in [2.05, 4.69) is 41.9 Å². The van der Waals surface area contributed by atoms with Crippen molar-refractivity contribution in [1.82, 2.24) is 0 Å². The van der Waals surface area contributed by atoms with Gasteiger partial charge >= 0.3 is 0 Å². The Morgan fingerprint density at radius 2 is 2.00 bits per heavy atom. The molecule has 0 aliphatic rings. The molecule has 0 fully saturated rings. The molecule has 0 saturated carbocycles. The van der Waals surface area contributed by atoms with Crippen LogP contribution in [0.15, 0.2) is 22.7 Å². The molecule has 1 rings (SSSR count). The van der Waals surface area contributed by atoms with E-state index < -0.39 is 0 Å². The van der Waals surface area contributed by atoms with Crippen LogP contribution in [0.25, 0.3) is 0 Å². The highest BCUT2D eigenvalue weighted by Crippen LogP contribution is 2.28. The fourth-order valence-electron chi connectivity index (χ4n) is 1.64. The van der Waals surface area contributed by atoms with Gasteiger partial charge in [-0.25, -0.2) is 0 Å². The normalized spacial score (nSPS) is 11.6. The van der Waals surface area contributed by atoms with Crippen LogP contribution in [-0.2, 0) is 11.2 Å². The predicted molar refractivity (Wildman–Crippen MR) is 82.7 cm³/mol. The number of hydrogen-bond acceptors (Lipinski definition) is 3. The number of halogens is 1. The molecule has 0 unspecified atom stereocenters. The standard InChI is InChI=1S/C15H24BrNO2/c1-15(2,11-17)7-6-12-4-5-14(13(16)10-12)19-9-8-18-3/h4-5,10H,6-9,11,17H2,1-3H3. The Labute approximate surface area is 124 Å². The lowest BCUT2D eigenvalue weighted by Crippen LogP contribution is -2.24. The van der Waals surface area contributed by atoms with Crippen LogP contribution < -0.4 is 10.5 Å². The first-order chi connectivity index (χ1) is 8.98. The summed E-state index contributed by atoms with van der Waals surface area (Å²) < 4.78 is 11.6. The number of benzene rings is 1. The van der Waals surface area contributed by atoms with Gasteiger partial charge in [-0.15, -0.1) is 0 Å². The van der Waals surface area contributed by atoms with Gasteiger partial charge in [-0.2, -0.15) is 0 Å². The molecule has 1 aromatic rings. The summed E-state index contributed by atoms with van der Waals surface area (Å²) in [6.07, 6.45) is 2.11. The van der Waals surface area contributed by atoms with Gasteiger partial charge in [0.15, 0.2) is 0 Å². The minimum absolute atomic E-state index is 0.195. The average Bonchev–Trinajstić information content (AvgIpc) is 2.39. The van der Waals surface area contributed by atoms with Crippen molar-refractivity contribution in [2.45, 2.75) is 26.7 Å². The molecule has 0 saturated heterocycles. The minimum atomic E-state index is 0.195. The molecule has 4 heteroatoms. The quantitative estimate of drug-likeness (QED) is 0.743. The van der Waals surface area contributed by atoms with Crippen molar-refractivity contribution in [3.05, 3.63) is 28.2 Å². The van der Waals surface area contributed by atoms with Gasteiger partial charge in [-0.3, -0.25) is 0 Å². The summed E-state index contributed by atoms with van der Waals surface area (Å²) >= 11 is 3.55. The van der Waals surface area contributed by atoms with E-state index in [1.165, 1.54) is 5.56 Å². The van der Waals surface area contributed by atoms with Crippen molar-refractivity contribution in [1.29, 1.82) is 0 Å². The lowest BCUT2D eigenvalue weighted by Gasteiger charge is -2.22. The summed E-state index contributed by atoms with van der Waals surface area (Å²) in [4.78, 5) is 0. The van der Waals surface area contributed by atoms with Gasteiger partial charge in [0.05, 0.1) is 11.1 Å². The summed E-state index contributed by atoms with van der Waals surface area (Å²) in [5, 5.41) is 0. The van der Waals surface area contributed by atoms with E-state index in [4.69, 9.17) is 15.2 Å². The summed E-state index contributed by atoms with van der Waals surface area (Å²) in [5.41, 5.74) is 7.24. The van der Waals surface area contributed by atoms with Crippen LogP contribution in [0.4, 0.5) is 0 Å². The molecule has 108 valence electrons. The SMILES string of the molecule is COCCOc1ccc(CCC(C)(C)CN)cc1Br. The fraction of sp³-hybridized carbons (Fsp3) is 0.600. The topological polar surface area (TPSA) is 44.5 Å². The Morgan fingerprint density at radius 3 is 2.58 bits per heavy atom. The van der Waals surface area contributed by atoms with Gasteiger partial charge in [-0.05, 0) is 58.4 Å². The van der Waals surface area contributed by atoms with E-state index in [9.17, 15) is 0 Å². The lowest BCUT2D eigenvalue weighted by molar-refractivity contribution is 0.146. The van der Waals surface area contributed by atoms with Crippen LogP contribution in [0.3, 0.4) is 0 Å². The number of nitrogens with two attached hydrogens (primary N) is 1. The van der Waals surface area contributed by atoms with E-state index in [1.54, 1.807) is 7.11 Å². The largest absolute Gasteiger partial charge is 0.490 e. The van der Waals surface area contributed by atoms with Crippen LogP contribution in [0.5, 0.6) is 5.75 Å². The van der Waals surface area contributed by atoms with E-state index in [1.807, 2.05) is 6.07 Å². The van der Waals surface area contributed by atoms with Crippen molar-refractivity contribution in [2.75, 3.05) is 26.9 Å². The van der Waals surface area contributed by atoms with E-state index >= 15 is 0 Å². The Morgan fingerprint density at radius 1 is 1.26 bits per heavy atom. The zero-order chi connectivity index (χ0) is 14.3. The maximum Gasteiger partial charge on any atom is 0.133 e. The molecule has 19 heavy (non-hydrogen) atoms. The molecule has 0 radical (unpaired) electrons. The van der Waals surface area contributed by atoms with Crippen LogP contribution in [0.2, 0.25) is 0 Å². The third kappa shape index (κ3) is 5.93. The van der Waals surface area contributed by atoms with E-state index in [0.29, 0.717) is 19.8 Å². The Bertz CT molecular complexity index is 394. The second-order valence-electron chi connectivity index (χ2n) is 5.47. The third-order valence-electron chi connectivity index (χ3n) is 3.18. The number of hydrogen-bond donors (Lipinski definition) is 1. The Balaban J connectivity index is 2.56. The monoisotopic (exact) mass is 329 g/mol. The second-order valence-corrected chi connectivity index (χ2v) is 6.33. The van der Waals surface area contributed by atoms with Gasteiger partial charge in [0, 0.05) is 7.11 Å². The van der Waals surface area contributed by atoms with Gasteiger partial charge in [0.2, 0.25) is 0 Å². The van der Waals surface area contributed by atoms with Gasteiger partial charge < -0.3 is 15.2 Å². The zero-order valence-corrected chi connectivity index (χ0v) is 13.6. The number of rotatable bonds is 8. The zero-order valence-electron chi connectivity index (χ0n) is 12.0. The highest BCUT2D eigenvalue weighted by Gasteiger charge is 2.15. The minimum Gasteiger partial charge on any atom is -0.490 e. The molecule has 2 N–H and O–H groups in total. The average molecular weight is 330 g/mol. The molecule has 1 aromatic carbocycles. The molecule has 0 heterocycles. The molecular formula is C15H24BrNO2. The Kier molecular flexibility index (Phi) is 6.83. The molecule has 0 spiro atoms. The summed E-state index contributed by atoms with van der Waals surface area (Å²) in [6, 6.07) is 6.23.